The number of nitrogens with zero attached hydrogens (tertiary/aromatic N) is 1. The third-order valence-corrected chi connectivity index (χ3v) is 7.52. The fourth-order valence-electron chi connectivity index (χ4n) is 2.58. The van der Waals surface area contributed by atoms with Crippen LogP contribution in [0.5, 0.6) is 0 Å². The Morgan fingerprint density at radius 3 is 2.57 bits per heavy atom. The van der Waals surface area contributed by atoms with Gasteiger partial charge in [0.05, 0.1) is 0 Å². The lowest BCUT2D eigenvalue weighted by molar-refractivity contribution is 0.269. The minimum absolute atomic E-state index is 0.403. The predicted octanol–water partition coefficient (Wildman–Crippen LogP) is 3.06. The summed E-state index contributed by atoms with van der Waals surface area (Å²) >= 11 is 1.39. The number of nitrogens with one attached hydrogen (secondary N) is 1. The van der Waals surface area contributed by atoms with E-state index in [9.17, 15) is 8.42 Å². The average molecular weight is 331 g/mol. The Balaban J connectivity index is 2.03. The molecule has 0 amide bonds. The van der Waals surface area contributed by atoms with Crippen LogP contribution in [-0.4, -0.2) is 31.9 Å². The standard InChI is InChI=1S/C15H26N2O2S2/c1-4-13-7-9-17(10-8-13)21(18,19)15-6-5-14(20-15)11-16-12(2)3/h5-6,12-13,16H,4,7-11H2,1-3H3. The van der Waals surface area contributed by atoms with Gasteiger partial charge in [-0.1, -0.05) is 27.2 Å². The highest BCUT2D eigenvalue weighted by Gasteiger charge is 2.29. The molecular formula is C15H26N2O2S2. The molecule has 120 valence electrons. The quantitative estimate of drug-likeness (QED) is 0.872. The Morgan fingerprint density at radius 1 is 1.33 bits per heavy atom. The molecule has 1 fully saturated rings. The van der Waals surface area contributed by atoms with Gasteiger partial charge in [0.25, 0.3) is 10.0 Å². The maximum atomic E-state index is 12.6. The summed E-state index contributed by atoms with van der Waals surface area (Å²) in [5, 5.41) is 3.32. The molecule has 1 aliphatic rings. The van der Waals surface area contributed by atoms with Crippen molar-refractivity contribution in [3.8, 4) is 0 Å². The molecule has 0 aliphatic carbocycles. The summed E-state index contributed by atoms with van der Waals surface area (Å²) in [6.45, 7) is 8.42. The van der Waals surface area contributed by atoms with Gasteiger partial charge in [0.1, 0.15) is 4.21 Å². The van der Waals surface area contributed by atoms with E-state index in [2.05, 4.69) is 26.1 Å². The van der Waals surface area contributed by atoms with Crippen molar-refractivity contribution < 1.29 is 8.42 Å². The monoisotopic (exact) mass is 330 g/mol. The third-order valence-electron chi connectivity index (χ3n) is 4.07. The van der Waals surface area contributed by atoms with Gasteiger partial charge in [-0.2, -0.15) is 4.31 Å². The van der Waals surface area contributed by atoms with Crippen molar-refractivity contribution in [3.05, 3.63) is 17.0 Å². The fourth-order valence-corrected chi connectivity index (χ4v) is 5.51. The Bertz CT molecular complexity index is 544. The summed E-state index contributed by atoms with van der Waals surface area (Å²) in [6, 6.07) is 4.08. The van der Waals surface area contributed by atoms with E-state index in [1.165, 1.54) is 11.3 Å². The zero-order valence-electron chi connectivity index (χ0n) is 13.1. The molecule has 0 unspecified atom stereocenters. The third kappa shape index (κ3) is 4.28. The second-order valence-corrected chi connectivity index (χ2v) is 9.35. The van der Waals surface area contributed by atoms with E-state index in [1.54, 1.807) is 10.4 Å². The first-order valence-electron chi connectivity index (χ1n) is 7.75. The van der Waals surface area contributed by atoms with Gasteiger partial charge < -0.3 is 5.32 Å². The maximum Gasteiger partial charge on any atom is 0.252 e. The van der Waals surface area contributed by atoms with Gasteiger partial charge in [-0.05, 0) is 30.9 Å². The van der Waals surface area contributed by atoms with Gasteiger partial charge in [0, 0.05) is 30.6 Å². The Labute approximate surface area is 132 Å². The highest BCUT2D eigenvalue weighted by molar-refractivity contribution is 7.91. The van der Waals surface area contributed by atoms with Crippen molar-refractivity contribution >= 4 is 21.4 Å². The molecule has 0 atom stereocenters. The predicted molar refractivity (Wildman–Crippen MR) is 88.1 cm³/mol. The van der Waals surface area contributed by atoms with E-state index in [0.29, 0.717) is 29.3 Å². The lowest BCUT2D eigenvalue weighted by atomic mass is 9.96. The second-order valence-electron chi connectivity index (χ2n) is 6.01. The van der Waals surface area contributed by atoms with Crippen molar-refractivity contribution in [2.75, 3.05) is 13.1 Å². The van der Waals surface area contributed by atoms with E-state index in [1.807, 2.05) is 6.07 Å². The van der Waals surface area contributed by atoms with Crippen molar-refractivity contribution in [2.45, 2.75) is 56.8 Å². The van der Waals surface area contributed by atoms with Gasteiger partial charge in [0.15, 0.2) is 0 Å². The topological polar surface area (TPSA) is 49.4 Å². The van der Waals surface area contributed by atoms with Crippen molar-refractivity contribution in [3.63, 3.8) is 0 Å². The molecule has 1 aromatic rings. The summed E-state index contributed by atoms with van der Waals surface area (Å²) in [5.41, 5.74) is 0. The number of thiophene rings is 1. The van der Waals surface area contributed by atoms with Crippen LogP contribution in [0.25, 0.3) is 0 Å². The molecule has 1 saturated heterocycles. The lowest BCUT2D eigenvalue weighted by Crippen LogP contribution is -2.37. The first-order valence-corrected chi connectivity index (χ1v) is 10.0. The van der Waals surface area contributed by atoms with Gasteiger partial charge in [0.2, 0.25) is 0 Å². The molecule has 2 heterocycles. The Hall–Kier alpha value is -0.430. The van der Waals surface area contributed by atoms with E-state index in [0.717, 1.165) is 30.7 Å². The van der Waals surface area contributed by atoms with E-state index < -0.39 is 10.0 Å². The number of hydrogen-bond acceptors (Lipinski definition) is 4. The molecule has 1 aromatic heterocycles. The van der Waals surface area contributed by atoms with Crippen LogP contribution in [0.3, 0.4) is 0 Å². The molecule has 2 rings (SSSR count). The SMILES string of the molecule is CCC1CCN(S(=O)(=O)c2ccc(CNC(C)C)s2)CC1. The Morgan fingerprint density at radius 2 is 2.00 bits per heavy atom. The van der Waals surface area contributed by atoms with Crippen molar-refractivity contribution in [2.24, 2.45) is 5.92 Å². The molecule has 21 heavy (non-hydrogen) atoms. The van der Waals surface area contributed by atoms with Crippen LogP contribution in [0.2, 0.25) is 0 Å². The minimum atomic E-state index is -3.29. The molecule has 0 saturated carbocycles. The van der Waals surface area contributed by atoms with E-state index in [4.69, 9.17) is 0 Å². The molecule has 0 bridgehead atoms. The Kier molecular flexibility index (Phi) is 5.82. The number of rotatable bonds is 6. The number of hydrogen-bond donors (Lipinski definition) is 1. The number of sulfonamides is 1. The molecule has 1 aliphatic heterocycles. The normalized spacial score (nSPS) is 18.5. The molecule has 0 radical (unpaired) electrons. The average Bonchev–Trinajstić information content (AvgIpc) is 2.95. The van der Waals surface area contributed by atoms with Crippen molar-refractivity contribution in [1.82, 2.24) is 9.62 Å². The zero-order valence-corrected chi connectivity index (χ0v) is 14.8. The molecule has 0 aromatic carbocycles. The lowest BCUT2D eigenvalue weighted by Gasteiger charge is -2.30. The highest BCUT2D eigenvalue weighted by atomic mass is 32.2. The van der Waals surface area contributed by atoms with E-state index in [-0.39, 0.29) is 0 Å². The van der Waals surface area contributed by atoms with Crippen LogP contribution < -0.4 is 5.32 Å². The summed E-state index contributed by atoms with van der Waals surface area (Å²) in [5.74, 6) is 0.686. The van der Waals surface area contributed by atoms with Gasteiger partial charge in [-0.3, -0.25) is 0 Å². The smallest absolute Gasteiger partial charge is 0.252 e. The largest absolute Gasteiger partial charge is 0.310 e. The molecular weight excluding hydrogens is 304 g/mol. The van der Waals surface area contributed by atoms with E-state index >= 15 is 0 Å². The molecule has 1 N–H and O–H groups in total. The minimum Gasteiger partial charge on any atom is -0.310 e. The molecule has 6 heteroatoms. The van der Waals surface area contributed by atoms with Crippen LogP contribution in [0.4, 0.5) is 0 Å². The summed E-state index contributed by atoms with van der Waals surface area (Å²) in [6.07, 6.45) is 3.13. The molecule has 0 spiro atoms. The van der Waals surface area contributed by atoms with Gasteiger partial charge in [-0.25, -0.2) is 8.42 Å². The molecule has 4 nitrogen and oxygen atoms in total. The summed E-state index contributed by atoms with van der Waals surface area (Å²) in [7, 11) is -3.29. The van der Waals surface area contributed by atoms with Crippen molar-refractivity contribution in [1.29, 1.82) is 0 Å². The van der Waals surface area contributed by atoms with Gasteiger partial charge in [-0.15, -0.1) is 11.3 Å². The number of piperidine rings is 1. The van der Waals surface area contributed by atoms with Crippen LogP contribution in [0.1, 0.15) is 44.9 Å². The fraction of sp³-hybridized carbons (Fsp3) is 0.733. The van der Waals surface area contributed by atoms with Gasteiger partial charge >= 0.3 is 0 Å². The first-order chi connectivity index (χ1) is 9.93. The van der Waals surface area contributed by atoms with Crippen LogP contribution in [0.15, 0.2) is 16.3 Å². The van der Waals surface area contributed by atoms with Crippen LogP contribution >= 0.6 is 11.3 Å². The van der Waals surface area contributed by atoms with Crippen LogP contribution in [0, 0.1) is 5.92 Å². The maximum absolute atomic E-state index is 12.6. The zero-order chi connectivity index (χ0) is 15.5. The summed E-state index contributed by atoms with van der Waals surface area (Å²) in [4.78, 5) is 1.07. The van der Waals surface area contributed by atoms with Crippen LogP contribution in [-0.2, 0) is 16.6 Å². The highest BCUT2D eigenvalue weighted by Crippen LogP contribution is 2.29. The first kappa shape index (κ1) is 16.9. The summed E-state index contributed by atoms with van der Waals surface area (Å²) < 4.78 is 27.4. The second kappa shape index (κ2) is 7.22.